The molecule has 5 heteroatoms. The molecule has 0 fully saturated rings. The molecule has 0 aliphatic rings. The van der Waals surface area contributed by atoms with Gasteiger partial charge in [-0.25, -0.2) is 4.79 Å². The van der Waals surface area contributed by atoms with Crippen molar-refractivity contribution in [3.63, 3.8) is 0 Å². The number of aliphatic hydroxyl groups is 1. The number of hydrogen-bond donors (Lipinski definition) is 1. The van der Waals surface area contributed by atoms with Crippen LogP contribution in [0.25, 0.3) is 0 Å². The van der Waals surface area contributed by atoms with Crippen molar-refractivity contribution in [2.75, 3.05) is 26.2 Å². The van der Waals surface area contributed by atoms with Gasteiger partial charge in [0, 0.05) is 26.0 Å². The Balaban J connectivity index is 0. The zero-order valence-corrected chi connectivity index (χ0v) is 12.6. The van der Waals surface area contributed by atoms with Crippen LogP contribution in [0.4, 0.5) is 0 Å². The molecule has 0 heterocycles. The second kappa shape index (κ2) is 9.62. The number of halogens is 1. The number of carbonyl (C=O) groups excluding carboxylic acids is 1. The first-order valence-electron chi connectivity index (χ1n) is 5.86. The summed E-state index contributed by atoms with van der Waals surface area (Å²) in [4.78, 5) is 11.2. The van der Waals surface area contributed by atoms with Crippen LogP contribution in [0, 0.1) is 0 Å². The lowest BCUT2D eigenvalue weighted by Crippen LogP contribution is -3.00. The fraction of sp³-hybridized carbons (Fsp3) is 0.750. The van der Waals surface area contributed by atoms with Crippen LogP contribution in [0.15, 0.2) is 12.7 Å². The number of ether oxygens (including phenoxy) is 1. The summed E-state index contributed by atoms with van der Waals surface area (Å²) < 4.78 is 5.96. The van der Waals surface area contributed by atoms with Crippen LogP contribution in [0.2, 0.25) is 0 Å². The molecular weight excluding hydrogens is 286 g/mol. The minimum absolute atomic E-state index is 0. The minimum atomic E-state index is -0.388. The molecule has 0 aromatic carbocycles. The molecule has 17 heavy (non-hydrogen) atoms. The highest BCUT2D eigenvalue weighted by Gasteiger charge is 2.32. The topological polar surface area (TPSA) is 46.5 Å². The average molecular weight is 310 g/mol. The van der Waals surface area contributed by atoms with Crippen LogP contribution in [-0.2, 0) is 9.53 Å². The Morgan fingerprint density at radius 1 is 1.47 bits per heavy atom. The van der Waals surface area contributed by atoms with Crippen LogP contribution >= 0.6 is 0 Å². The van der Waals surface area contributed by atoms with Gasteiger partial charge in [0.15, 0.2) is 0 Å². The maximum atomic E-state index is 11.2. The fourth-order valence-electron chi connectivity index (χ4n) is 1.95. The predicted octanol–water partition coefficient (Wildman–Crippen LogP) is -1.70. The lowest BCUT2D eigenvalue weighted by molar-refractivity contribution is -0.964. The zero-order chi connectivity index (χ0) is 12.6. The molecular formula is C12H24BrNO3. The van der Waals surface area contributed by atoms with Gasteiger partial charge in [-0.05, 0) is 13.8 Å². The van der Waals surface area contributed by atoms with E-state index in [1.54, 1.807) is 0 Å². The van der Waals surface area contributed by atoms with E-state index in [9.17, 15) is 4.79 Å². The normalized spacial score (nSPS) is 12.5. The maximum Gasteiger partial charge on any atom is 0.334 e. The Bertz CT molecular complexity index is 230. The fourth-order valence-corrected chi connectivity index (χ4v) is 1.95. The van der Waals surface area contributed by atoms with Crippen LogP contribution in [0.3, 0.4) is 0 Å². The van der Waals surface area contributed by atoms with Crippen molar-refractivity contribution in [1.29, 1.82) is 0 Å². The van der Waals surface area contributed by atoms with E-state index in [1.165, 1.54) is 6.08 Å². The van der Waals surface area contributed by atoms with Gasteiger partial charge in [0.2, 0.25) is 6.23 Å². The highest BCUT2D eigenvalue weighted by atomic mass is 79.9. The first-order chi connectivity index (χ1) is 7.56. The predicted molar refractivity (Wildman–Crippen MR) is 63.7 cm³/mol. The number of hydrogen-bond acceptors (Lipinski definition) is 3. The first-order valence-corrected chi connectivity index (χ1v) is 5.86. The van der Waals surface area contributed by atoms with Gasteiger partial charge in [-0.3, -0.25) is 4.48 Å². The SMILES string of the molecule is C=CC(=O)OC(C)[N+](CC)(CC)CCCO.[Br-]. The van der Waals surface area contributed by atoms with E-state index in [2.05, 4.69) is 20.4 Å². The number of carbonyl (C=O) groups is 1. The maximum absolute atomic E-state index is 11.2. The molecule has 1 unspecified atom stereocenters. The summed E-state index contributed by atoms with van der Waals surface area (Å²) in [6.07, 6.45) is 1.70. The van der Waals surface area contributed by atoms with Crippen molar-refractivity contribution in [3.8, 4) is 0 Å². The highest BCUT2D eigenvalue weighted by molar-refractivity contribution is 5.81. The summed E-state index contributed by atoms with van der Waals surface area (Å²) in [5.41, 5.74) is 0. The minimum Gasteiger partial charge on any atom is -1.00 e. The third-order valence-electron chi connectivity index (χ3n) is 3.25. The van der Waals surface area contributed by atoms with Gasteiger partial charge in [-0.1, -0.05) is 6.58 Å². The van der Waals surface area contributed by atoms with Crippen LogP contribution < -0.4 is 17.0 Å². The van der Waals surface area contributed by atoms with Gasteiger partial charge in [0.05, 0.1) is 19.6 Å². The third-order valence-corrected chi connectivity index (χ3v) is 3.25. The molecule has 0 bridgehead atoms. The summed E-state index contributed by atoms with van der Waals surface area (Å²) in [7, 11) is 0. The number of nitrogens with zero attached hydrogens (tertiary/aromatic N) is 1. The molecule has 0 aliphatic carbocycles. The average Bonchev–Trinajstić information content (AvgIpc) is 2.31. The largest absolute Gasteiger partial charge is 1.00 e. The quantitative estimate of drug-likeness (QED) is 0.252. The number of esters is 1. The van der Waals surface area contributed by atoms with E-state index in [0.717, 1.165) is 26.1 Å². The zero-order valence-electron chi connectivity index (χ0n) is 11.0. The summed E-state index contributed by atoms with van der Waals surface area (Å²) in [5, 5.41) is 8.90. The molecule has 4 nitrogen and oxygen atoms in total. The molecule has 0 aliphatic heterocycles. The van der Waals surface area contributed by atoms with E-state index in [-0.39, 0.29) is 35.8 Å². The summed E-state index contributed by atoms with van der Waals surface area (Å²) in [6.45, 7) is 12.2. The van der Waals surface area contributed by atoms with Gasteiger partial charge >= 0.3 is 5.97 Å². The van der Waals surface area contributed by atoms with Gasteiger partial charge in [0.1, 0.15) is 0 Å². The van der Waals surface area contributed by atoms with Gasteiger partial charge in [0.25, 0.3) is 0 Å². The lowest BCUT2D eigenvalue weighted by Gasteiger charge is -2.40. The van der Waals surface area contributed by atoms with Crippen molar-refractivity contribution < 1.29 is 36.1 Å². The molecule has 0 aromatic rings. The standard InChI is InChI=1S/C12H24NO3.BrH/c1-5-12(15)16-11(4)13(6-2,7-3)9-8-10-14;/h5,11,14H,1,6-10H2,2-4H3;1H/q+1;/p-1. The molecule has 0 radical (unpaired) electrons. The molecule has 0 amide bonds. The monoisotopic (exact) mass is 309 g/mol. The van der Waals surface area contributed by atoms with E-state index < -0.39 is 0 Å². The summed E-state index contributed by atoms with van der Waals surface area (Å²) >= 11 is 0. The molecule has 0 saturated carbocycles. The highest BCUT2D eigenvalue weighted by Crippen LogP contribution is 2.16. The molecule has 1 N–H and O–H groups in total. The Labute approximate surface area is 115 Å². The Morgan fingerprint density at radius 3 is 2.35 bits per heavy atom. The third kappa shape index (κ3) is 5.66. The van der Waals surface area contributed by atoms with Gasteiger partial charge in [-0.2, -0.15) is 0 Å². The van der Waals surface area contributed by atoms with E-state index in [0.29, 0.717) is 4.48 Å². The summed E-state index contributed by atoms with van der Waals surface area (Å²) in [5.74, 6) is -0.388. The Hall–Kier alpha value is -0.390. The second-order valence-corrected chi connectivity index (χ2v) is 3.89. The van der Waals surface area contributed by atoms with E-state index >= 15 is 0 Å². The van der Waals surface area contributed by atoms with Gasteiger partial charge < -0.3 is 26.8 Å². The molecule has 0 rings (SSSR count). The van der Waals surface area contributed by atoms with Crippen molar-refractivity contribution in [3.05, 3.63) is 12.7 Å². The van der Waals surface area contributed by atoms with Crippen molar-refractivity contribution in [2.45, 2.75) is 33.4 Å². The van der Waals surface area contributed by atoms with Crippen molar-refractivity contribution in [2.24, 2.45) is 0 Å². The lowest BCUT2D eigenvalue weighted by atomic mass is 10.2. The molecule has 0 spiro atoms. The number of rotatable bonds is 8. The van der Waals surface area contributed by atoms with Crippen molar-refractivity contribution >= 4 is 5.97 Å². The molecule has 1 atom stereocenters. The molecule has 102 valence electrons. The van der Waals surface area contributed by atoms with Crippen LogP contribution in [0.5, 0.6) is 0 Å². The summed E-state index contributed by atoms with van der Waals surface area (Å²) in [6, 6.07) is 0. The molecule has 0 saturated heterocycles. The van der Waals surface area contributed by atoms with Gasteiger partial charge in [-0.15, -0.1) is 0 Å². The van der Waals surface area contributed by atoms with Crippen LogP contribution in [0.1, 0.15) is 27.2 Å². The van der Waals surface area contributed by atoms with Crippen molar-refractivity contribution in [1.82, 2.24) is 0 Å². The molecule has 0 aromatic heterocycles. The Morgan fingerprint density at radius 2 is 2.00 bits per heavy atom. The first kappa shape index (κ1) is 19.0. The smallest absolute Gasteiger partial charge is 0.334 e. The van der Waals surface area contributed by atoms with E-state index in [4.69, 9.17) is 9.84 Å². The van der Waals surface area contributed by atoms with E-state index in [1.807, 2.05) is 6.92 Å². The Kier molecular flexibility index (Phi) is 10.7. The van der Waals surface area contributed by atoms with Crippen LogP contribution in [-0.4, -0.2) is 48.0 Å². The number of aliphatic hydroxyl groups excluding tert-OH is 1. The second-order valence-electron chi connectivity index (χ2n) is 3.89. The number of quaternary nitrogens is 1.